The van der Waals surface area contributed by atoms with Gasteiger partial charge in [0.2, 0.25) is 0 Å². The largest absolute Gasteiger partial charge is 0.480 e. The molecular weight excluding hydrogens is 806 g/mol. The van der Waals surface area contributed by atoms with Crippen molar-refractivity contribution in [3.05, 3.63) is 12.2 Å². The van der Waals surface area contributed by atoms with Crippen molar-refractivity contribution in [2.45, 2.75) is 270 Å². The van der Waals surface area contributed by atoms with E-state index in [2.05, 4.69) is 30.5 Å². The fourth-order valence-corrected chi connectivity index (χ4v) is 8.25. The minimum atomic E-state index is -4.72. The van der Waals surface area contributed by atoms with Gasteiger partial charge in [-0.25, -0.2) is 4.57 Å². The molecule has 0 saturated carbocycles. The predicted molar refractivity (Wildman–Crippen MR) is 254 cm³/mol. The number of esters is 2. The number of allylic oxidation sites excluding steroid dienone is 2. The van der Waals surface area contributed by atoms with Crippen molar-refractivity contribution in [3.63, 3.8) is 0 Å². The van der Waals surface area contributed by atoms with Crippen molar-refractivity contribution in [1.29, 1.82) is 0 Å². The monoisotopic (exact) mass is 902 g/mol. The number of ether oxygens (including phenoxy) is 2. The molecule has 11 nitrogen and oxygen atoms in total. The third-order valence-electron chi connectivity index (χ3n) is 11.5. The number of carboxylic acid groups (broad SMARTS) is 1. The Bertz CT molecular complexity index is 1110. The van der Waals surface area contributed by atoms with Crippen LogP contribution in [0.3, 0.4) is 0 Å². The summed E-state index contributed by atoms with van der Waals surface area (Å²) in [5, 5.41) is 8.92. The maximum atomic E-state index is 12.7. The van der Waals surface area contributed by atoms with Gasteiger partial charge in [-0.2, -0.15) is 0 Å². The maximum Gasteiger partial charge on any atom is 0.472 e. The molecule has 62 heavy (non-hydrogen) atoms. The van der Waals surface area contributed by atoms with Gasteiger partial charge in [-0.3, -0.25) is 23.4 Å². The molecule has 0 bridgehead atoms. The average Bonchev–Trinajstić information content (AvgIpc) is 3.25. The molecule has 0 fully saturated rings. The minimum absolute atomic E-state index is 0.166. The lowest BCUT2D eigenvalue weighted by Crippen LogP contribution is -2.34. The second-order valence-corrected chi connectivity index (χ2v) is 19.1. The molecule has 12 heteroatoms. The van der Waals surface area contributed by atoms with E-state index in [1.807, 2.05) is 0 Å². The normalized spacial score (nSPS) is 13.6. The van der Waals surface area contributed by atoms with E-state index in [0.29, 0.717) is 12.8 Å². The van der Waals surface area contributed by atoms with Gasteiger partial charge in [0.1, 0.15) is 12.6 Å². The highest BCUT2D eigenvalue weighted by atomic mass is 31.2. The van der Waals surface area contributed by atoms with Crippen molar-refractivity contribution in [2.24, 2.45) is 5.73 Å². The summed E-state index contributed by atoms with van der Waals surface area (Å²) in [6.45, 7) is 2.84. The van der Waals surface area contributed by atoms with E-state index < -0.39 is 51.1 Å². The highest BCUT2D eigenvalue weighted by Crippen LogP contribution is 2.43. The highest BCUT2D eigenvalue weighted by Gasteiger charge is 2.28. The lowest BCUT2D eigenvalue weighted by atomic mass is 10.0. The molecular formula is C50H96NO10P. The quantitative estimate of drug-likeness (QED) is 0.0230. The van der Waals surface area contributed by atoms with E-state index in [0.717, 1.165) is 57.8 Å². The van der Waals surface area contributed by atoms with E-state index in [1.165, 1.54) is 161 Å². The lowest BCUT2D eigenvalue weighted by molar-refractivity contribution is -0.161. The summed E-state index contributed by atoms with van der Waals surface area (Å²) >= 11 is 0. The molecule has 0 aromatic heterocycles. The van der Waals surface area contributed by atoms with Crippen LogP contribution in [-0.2, 0) is 37.5 Å². The third kappa shape index (κ3) is 44.8. The maximum absolute atomic E-state index is 12.7. The van der Waals surface area contributed by atoms with Crippen LogP contribution in [0.4, 0.5) is 0 Å². The second-order valence-electron chi connectivity index (χ2n) is 17.7. The molecule has 0 aromatic rings. The summed E-state index contributed by atoms with van der Waals surface area (Å²) in [6, 6.07) is -1.52. The van der Waals surface area contributed by atoms with Crippen LogP contribution in [-0.4, -0.2) is 59.9 Å². The van der Waals surface area contributed by atoms with Crippen LogP contribution in [0.15, 0.2) is 12.2 Å². The van der Waals surface area contributed by atoms with E-state index in [-0.39, 0.29) is 19.4 Å². The number of carbonyl (C=O) groups excluding carboxylic acids is 2. The van der Waals surface area contributed by atoms with Gasteiger partial charge >= 0.3 is 25.7 Å². The van der Waals surface area contributed by atoms with Gasteiger partial charge in [-0.1, -0.05) is 219 Å². The van der Waals surface area contributed by atoms with Gasteiger partial charge in [0.15, 0.2) is 6.10 Å². The predicted octanol–water partition coefficient (Wildman–Crippen LogP) is 14.4. The fourth-order valence-electron chi connectivity index (χ4n) is 7.47. The Hall–Kier alpha value is -1.78. The van der Waals surface area contributed by atoms with Crippen molar-refractivity contribution in [2.75, 3.05) is 19.8 Å². The van der Waals surface area contributed by atoms with Gasteiger partial charge in [0.25, 0.3) is 0 Å². The smallest absolute Gasteiger partial charge is 0.472 e. The van der Waals surface area contributed by atoms with Crippen LogP contribution in [0.2, 0.25) is 0 Å². The zero-order valence-corrected chi connectivity index (χ0v) is 40.9. The molecule has 0 aromatic carbocycles. The summed E-state index contributed by atoms with van der Waals surface area (Å²) in [5.74, 6) is -2.37. The lowest BCUT2D eigenvalue weighted by Gasteiger charge is -2.20. The Morgan fingerprint density at radius 2 is 0.806 bits per heavy atom. The van der Waals surface area contributed by atoms with Crippen LogP contribution >= 0.6 is 7.82 Å². The SMILES string of the molecule is CCCCCCCC/C=C/CCCCCCCC(=O)OC[C@@H](COP(=O)(O)OC[C@H](N)C(=O)O)OC(=O)CCCCCCCCCCCCCCCCCCCCCCCCC. The van der Waals surface area contributed by atoms with Crippen LogP contribution in [0.1, 0.15) is 258 Å². The van der Waals surface area contributed by atoms with Crippen LogP contribution in [0, 0.1) is 0 Å². The molecule has 0 rings (SSSR count). The van der Waals surface area contributed by atoms with Crippen LogP contribution in [0.25, 0.3) is 0 Å². The Kier molecular flexibility index (Phi) is 44.5. The highest BCUT2D eigenvalue weighted by molar-refractivity contribution is 7.47. The topological polar surface area (TPSA) is 172 Å². The number of phosphoric acid groups is 1. The molecule has 4 N–H and O–H groups in total. The van der Waals surface area contributed by atoms with E-state index in [1.54, 1.807) is 0 Å². The number of rotatable bonds is 49. The average molecular weight is 902 g/mol. The Morgan fingerprint density at radius 1 is 0.484 bits per heavy atom. The first-order valence-electron chi connectivity index (χ1n) is 25.7. The summed E-state index contributed by atoms with van der Waals surface area (Å²) in [4.78, 5) is 46.1. The Morgan fingerprint density at radius 3 is 1.18 bits per heavy atom. The molecule has 0 aliphatic carbocycles. The third-order valence-corrected chi connectivity index (χ3v) is 12.5. The number of hydrogen-bond acceptors (Lipinski definition) is 9. The van der Waals surface area contributed by atoms with Crippen molar-refractivity contribution in [3.8, 4) is 0 Å². The summed E-state index contributed by atoms with van der Waals surface area (Å²) < 4.78 is 32.8. The molecule has 0 radical (unpaired) electrons. The molecule has 0 amide bonds. The fraction of sp³-hybridized carbons (Fsp3) is 0.900. The van der Waals surface area contributed by atoms with Gasteiger partial charge in [0, 0.05) is 12.8 Å². The van der Waals surface area contributed by atoms with Crippen molar-refractivity contribution in [1.82, 2.24) is 0 Å². The number of hydrogen-bond donors (Lipinski definition) is 3. The molecule has 1 unspecified atom stereocenters. The first-order chi connectivity index (χ1) is 30.1. The summed E-state index contributed by atoms with van der Waals surface area (Å²) in [5.41, 5.74) is 5.35. The van der Waals surface area contributed by atoms with Gasteiger partial charge in [-0.05, 0) is 38.5 Å². The van der Waals surface area contributed by atoms with Crippen molar-refractivity contribution < 1.29 is 47.5 Å². The number of aliphatic carboxylic acids is 1. The first-order valence-corrected chi connectivity index (χ1v) is 27.2. The summed E-state index contributed by atoms with van der Waals surface area (Å²) in [7, 11) is -4.72. The minimum Gasteiger partial charge on any atom is -0.480 e. The standard InChI is InChI=1S/C50H96NO10P/c1-3-5-7-9-11-13-15-17-19-20-21-22-23-24-25-26-28-30-32-34-36-38-40-42-49(53)61-46(44-59-62(56,57)60-45-47(51)50(54)55)43-58-48(52)41-39-37-35-33-31-29-27-18-16-14-12-10-8-6-4-2/h18,27,46-47H,3-17,19-26,28-45,51H2,1-2H3,(H,54,55)(H,56,57)/b27-18+/t46-,47-/m0/s1. The van der Waals surface area contributed by atoms with Crippen LogP contribution < -0.4 is 5.73 Å². The number of unbranched alkanes of at least 4 members (excludes halogenated alkanes) is 33. The number of carboxylic acids is 1. The molecule has 3 atom stereocenters. The van der Waals surface area contributed by atoms with Crippen LogP contribution in [0.5, 0.6) is 0 Å². The molecule has 366 valence electrons. The van der Waals surface area contributed by atoms with Gasteiger partial charge < -0.3 is 25.2 Å². The Balaban J connectivity index is 4.18. The first kappa shape index (κ1) is 60.2. The van der Waals surface area contributed by atoms with Crippen molar-refractivity contribution >= 4 is 25.7 Å². The summed E-state index contributed by atoms with van der Waals surface area (Å²) in [6.07, 6.45) is 48.5. The van der Waals surface area contributed by atoms with E-state index in [4.69, 9.17) is 24.8 Å². The number of nitrogens with two attached hydrogens (primary N) is 1. The van der Waals surface area contributed by atoms with E-state index >= 15 is 0 Å². The van der Waals surface area contributed by atoms with Gasteiger partial charge in [-0.15, -0.1) is 0 Å². The molecule has 0 heterocycles. The molecule has 0 spiro atoms. The van der Waals surface area contributed by atoms with Gasteiger partial charge in [0.05, 0.1) is 13.2 Å². The molecule has 0 aliphatic rings. The zero-order chi connectivity index (χ0) is 45.6. The molecule has 0 aliphatic heterocycles. The zero-order valence-electron chi connectivity index (χ0n) is 40.0. The molecule has 0 saturated heterocycles. The number of phosphoric ester groups is 1. The van der Waals surface area contributed by atoms with E-state index in [9.17, 15) is 23.8 Å². The Labute approximate surface area is 379 Å². The number of carbonyl (C=O) groups is 3. The second kappa shape index (κ2) is 45.8.